The lowest BCUT2D eigenvalue weighted by Gasteiger charge is -2.21. The summed E-state index contributed by atoms with van der Waals surface area (Å²) in [6, 6.07) is 6.42. The molecule has 0 saturated carbocycles. The van der Waals surface area contributed by atoms with E-state index in [4.69, 9.17) is 5.11 Å². The smallest absolute Gasteiger partial charge is 0.253 e. The van der Waals surface area contributed by atoms with Gasteiger partial charge in [0.1, 0.15) is 5.75 Å². The molecule has 0 radical (unpaired) electrons. The summed E-state index contributed by atoms with van der Waals surface area (Å²) in [5, 5.41) is 9.16. The van der Waals surface area contributed by atoms with Gasteiger partial charge in [0.2, 0.25) is 0 Å². The van der Waals surface area contributed by atoms with Crippen molar-refractivity contribution in [1.29, 1.82) is 0 Å². The molecule has 0 spiro atoms. The molecule has 1 aromatic carbocycles. The molecule has 0 bridgehead atoms. The van der Waals surface area contributed by atoms with Gasteiger partial charge in [-0.1, -0.05) is 13.8 Å². The summed E-state index contributed by atoms with van der Waals surface area (Å²) in [5.74, 6) is 0.234. The molecule has 1 rings (SSSR count). The fourth-order valence-electron chi connectivity index (χ4n) is 1.64. The van der Waals surface area contributed by atoms with Crippen molar-refractivity contribution in [3.8, 4) is 5.75 Å². The fraction of sp³-hybridized carbons (Fsp3) is 0.462. The highest BCUT2D eigenvalue weighted by atomic mass is 16.3. The van der Waals surface area contributed by atoms with Crippen LogP contribution in [0.15, 0.2) is 24.3 Å². The Balaban J connectivity index is 2.77. The Hall–Kier alpha value is -1.51. The fourth-order valence-corrected chi connectivity index (χ4v) is 1.64. The maximum atomic E-state index is 12.1. The van der Waals surface area contributed by atoms with Gasteiger partial charge in [-0.15, -0.1) is 0 Å². The molecule has 0 unspecified atom stereocenters. The zero-order valence-electron chi connectivity index (χ0n) is 9.94. The number of hydrogen-bond donors (Lipinski definition) is 1. The maximum absolute atomic E-state index is 12.1. The third-order valence-electron chi connectivity index (χ3n) is 2.39. The van der Waals surface area contributed by atoms with Crippen LogP contribution in [0.3, 0.4) is 0 Å². The van der Waals surface area contributed by atoms with Crippen LogP contribution in [0.25, 0.3) is 0 Å². The van der Waals surface area contributed by atoms with Crippen LogP contribution in [0.2, 0.25) is 0 Å². The minimum atomic E-state index is 0.0451. The van der Waals surface area contributed by atoms with Crippen LogP contribution in [0, 0.1) is 0 Å². The predicted molar refractivity (Wildman–Crippen MR) is 64.6 cm³/mol. The van der Waals surface area contributed by atoms with Crippen molar-refractivity contribution >= 4 is 5.91 Å². The number of rotatable bonds is 5. The van der Waals surface area contributed by atoms with E-state index in [1.807, 2.05) is 4.90 Å². The number of amides is 1. The molecule has 88 valence electrons. The van der Waals surface area contributed by atoms with E-state index in [0.29, 0.717) is 5.56 Å². The van der Waals surface area contributed by atoms with Crippen molar-refractivity contribution in [1.82, 2.24) is 4.90 Å². The van der Waals surface area contributed by atoms with Crippen LogP contribution in [0.1, 0.15) is 37.0 Å². The molecule has 1 amide bonds. The number of nitrogens with zero attached hydrogens (tertiary/aromatic N) is 1. The second-order valence-electron chi connectivity index (χ2n) is 3.84. The van der Waals surface area contributed by atoms with Gasteiger partial charge in [-0.25, -0.2) is 0 Å². The van der Waals surface area contributed by atoms with Gasteiger partial charge in [0, 0.05) is 18.7 Å². The van der Waals surface area contributed by atoms with Gasteiger partial charge in [-0.3, -0.25) is 4.79 Å². The molecule has 0 heterocycles. The molecule has 0 aliphatic rings. The molecule has 0 aliphatic carbocycles. The van der Waals surface area contributed by atoms with E-state index in [1.165, 1.54) is 0 Å². The van der Waals surface area contributed by atoms with E-state index >= 15 is 0 Å². The molecular weight excluding hydrogens is 202 g/mol. The van der Waals surface area contributed by atoms with E-state index in [-0.39, 0.29) is 11.7 Å². The Morgan fingerprint density at radius 1 is 1.12 bits per heavy atom. The predicted octanol–water partition coefficient (Wildman–Crippen LogP) is 2.65. The first-order chi connectivity index (χ1) is 7.69. The van der Waals surface area contributed by atoms with Crippen molar-refractivity contribution in [2.45, 2.75) is 26.7 Å². The molecule has 0 aromatic heterocycles. The topological polar surface area (TPSA) is 40.5 Å². The highest BCUT2D eigenvalue weighted by molar-refractivity contribution is 5.94. The summed E-state index contributed by atoms with van der Waals surface area (Å²) in [7, 11) is 0. The summed E-state index contributed by atoms with van der Waals surface area (Å²) in [4.78, 5) is 13.9. The van der Waals surface area contributed by atoms with Gasteiger partial charge < -0.3 is 10.0 Å². The third kappa shape index (κ3) is 3.26. The minimum Gasteiger partial charge on any atom is -0.508 e. The van der Waals surface area contributed by atoms with Crippen molar-refractivity contribution in [3.63, 3.8) is 0 Å². The highest BCUT2D eigenvalue weighted by Gasteiger charge is 2.13. The zero-order valence-corrected chi connectivity index (χ0v) is 9.94. The van der Waals surface area contributed by atoms with Gasteiger partial charge >= 0.3 is 0 Å². The number of carbonyl (C=O) groups is 1. The highest BCUT2D eigenvalue weighted by Crippen LogP contribution is 2.12. The lowest BCUT2D eigenvalue weighted by atomic mass is 10.2. The van der Waals surface area contributed by atoms with Crippen LogP contribution in [-0.4, -0.2) is 29.0 Å². The average Bonchev–Trinajstić information content (AvgIpc) is 2.29. The minimum absolute atomic E-state index is 0.0451. The quantitative estimate of drug-likeness (QED) is 0.830. The second-order valence-corrected chi connectivity index (χ2v) is 3.84. The molecule has 3 nitrogen and oxygen atoms in total. The number of benzene rings is 1. The van der Waals surface area contributed by atoms with Crippen molar-refractivity contribution in [2.24, 2.45) is 0 Å². The Morgan fingerprint density at radius 2 is 1.62 bits per heavy atom. The third-order valence-corrected chi connectivity index (χ3v) is 2.39. The first-order valence-corrected chi connectivity index (χ1v) is 5.77. The lowest BCUT2D eigenvalue weighted by Crippen LogP contribution is -2.32. The van der Waals surface area contributed by atoms with Crippen LogP contribution in [0.5, 0.6) is 5.75 Å². The zero-order chi connectivity index (χ0) is 12.0. The Bertz CT molecular complexity index is 326. The number of phenols is 1. The van der Waals surface area contributed by atoms with E-state index < -0.39 is 0 Å². The number of phenolic OH excluding ortho intramolecular Hbond substituents is 1. The van der Waals surface area contributed by atoms with Gasteiger partial charge in [-0.05, 0) is 37.1 Å². The van der Waals surface area contributed by atoms with E-state index in [2.05, 4.69) is 13.8 Å². The van der Waals surface area contributed by atoms with Crippen molar-refractivity contribution < 1.29 is 9.90 Å². The van der Waals surface area contributed by atoms with E-state index in [1.54, 1.807) is 24.3 Å². The SMILES string of the molecule is CCCN(CCC)C(=O)c1ccc(O)cc1. The number of carbonyl (C=O) groups excluding carboxylic acids is 1. The molecule has 1 aromatic rings. The van der Waals surface area contributed by atoms with Crippen LogP contribution in [-0.2, 0) is 0 Å². The summed E-state index contributed by atoms with van der Waals surface area (Å²) < 4.78 is 0. The van der Waals surface area contributed by atoms with Gasteiger partial charge in [-0.2, -0.15) is 0 Å². The second kappa shape index (κ2) is 6.16. The van der Waals surface area contributed by atoms with Crippen molar-refractivity contribution in [2.75, 3.05) is 13.1 Å². The van der Waals surface area contributed by atoms with Crippen LogP contribution >= 0.6 is 0 Å². The normalized spacial score (nSPS) is 10.1. The Labute approximate surface area is 96.7 Å². The van der Waals surface area contributed by atoms with E-state index in [9.17, 15) is 4.79 Å². The first kappa shape index (κ1) is 12.6. The monoisotopic (exact) mass is 221 g/mol. The number of hydrogen-bond acceptors (Lipinski definition) is 2. The average molecular weight is 221 g/mol. The molecule has 0 atom stereocenters. The summed E-state index contributed by atoms with van der Waals surface area (Å²) >= 11 is 0. The summed E-state index contributed by atoms with van der Waals surface area (Å²) in [6.45, 7) is 5.70. The van der Waals surface area contributed by atoms with Crippen molar-refractivity contribution in [3.05, 3.63) is 29.8 Å². The molecule has 1 N–H and O–H groups in total. The molecule has 0 saturated heterocycles. The van der Waals surface area contributed by atoms with Crippen LogP contribution < -0.4 is 0 Å². The Morgan fingerprint density at radius 3 is 2.06 bits per heavy atom. The first-order valence-electron chi connectivity index (χ1n) is 5.77. The van der Waals surface area contributed by atoms with E-state index in [0.717, 1.165) is 25.9 Å². The van der Waals surface area contributed by atoms with Crippen LogP contribution in [0.4, 0.5) is 0 Å². The molecule has 0 fully saturated rings. The van der Waals surface area contributed by atoms with Gasteiger partial charge in [0.15, 0.2) is 0 Å². The molecular formula is C13H19NO2. The van der Waals surface area contributed by atoms with Gasteiger partial charge in [0.25, 0.3) is 5.91 Å². The lowest BCUT2D eigenvalue weighted by molar-refractivity contribution is 0.0755. The summed E-state index contributed by atoms with van der Waals surface area (Å²) in [6.07, 6.45) is 1.92. The molecule has 3 heteroatoms. The van der Waals surface area contributed by atoms with Gasteiger partial charge in [0.05, 0.1) is 0 Å². The molecule has 0 aliphatic heterocycles. The molecule has 16 heavy (non-hydrogen) atoms. The summed E-state index contributed by atoms with van der Waals surface area (Å²) in [5.41, 5.74) is 0.639. The number of aromatic hydroxyl groups is 1. The largest absolute Gasteiger partial charge is 0.508 e. The maximum Gasteiger partial charge on any atom is 0.253 e. The Kier molecular flexibility index (Phi) is 4.83. The standard InChI is InChI=1S/C13H19NO2/c1-3-9-14(10-4-2)13(16)11-5-7-12(15)8-6-11/h5-8,15H,3-4,9-10H2,1-2H3.